The van der Waals surface area contributed by atoms with E-state index in [4.69, 9.17) is 10.8 Å². The number of nitrogens with zero attached hydrogens (tertiary/aromatic N) is 2. The molecule has 0 aliphatic heterocycles. The predicted molar refractivity (Wildman–Crippen MR) is 79.9 cm³/mol. The van der Waals surface area contributed by atoms with Gasteiger partial charge in [0.2, 0.25) is 0 Å². The summed E-state index contributed by atoms with van der Waals surface area (Å²) in [4.78, 5) is 0. The first-order valence-corrected chi connectivity index (χ1v) is 6.93. The van der Waals surface area contributed by atoms with Crippen LogP contribution in [0.2, 0.25) is 0 Å². The molecule has 0 atom stereocenters. The van der Waals surface area contributed by atoms with Crippen molar-refractivity contribution in [3.05, 3.63) is 46.3 Å². The molecule has 0 aliphatic carbocycles. The number of aromatic nitrogens is 2. The van der Waals surface area contributed by atoms with Crippen molar-refractivity contribution in [3.8, 4) is 5.69 Å². The fourth-order valence-electron chi connectivity index (χ4n) is 2.63. The first-order chi connectivity index (χ1) is 9.08. The van der Waals surface area contributed by atoms with Crippen LogP contribution in [-0.2, 0) is 12.8 Å². The minimum absolute atomic E-state index is 0.680. The number of hydrogen-bond donors (Lipinski definition) is 1. The van der Waals surface area contributed by atoms with Gasteiger partial charge in [0.05, 0.1) is 11.4 Å². The van der Waals surface area contributed by atoms with Gasteiger partial charge in [-0.15, -0.1) is 0 Å². The maximum Gasteiger partial charge on any atom is 0.0680 e. The zero-order chi connectivity index (χ0) is 14.0. The highest BCUT2D eigenvalue weighted by Crippen LogP contribution is 2.22. The lowest BCUT2D eigenvalue weighted by molar-refractivity contribution is 0.822. The molecule has 2 aromatic rings. The molecule has 0 spiro atoms. The number of aryl methyl sites for hydroxylation is 2. The highest BCUT2D eigenvalue weighted by Gasteiger charge is 2.12. The molecule has 0 saturated carbocycles. The molecule has 3 heteroatoms. The van der Waals surface area contributed by atoms with Crippen LogP contribution in [0.3, 0.4) is 0 Å². The van der Waals surface area contributed by atoms with Crippen molar-refractivity contribution in [1.29, 1.82) is 0 Å². The molecule has 0 aliphatic rings. The fourth-order valence-corrected chi connectivity index (χ4v) is 2.63. The van der Waals surface area contributed by atoms with E-state index >= 15 is 0 Å². The second-order valence-electron chi connectivity index (χ2n) is 5.07. The molecule has 102 valence electrons. The largest absolute Gasteiger partial charge is 0.330 e. The zero-order valence-electron chi connectivity index (χ0n) is 12.3. The lowest BCUT2D eigenvalue weighted by Crippen LogP contribution is -2.06. The summed E-state index contributed by atoms with van der Waals surface area (Å²) in [7, 11) is 0. The average molecular weight is 257 g/mol. The van der Waals surface area contributed by atoms with Gasteiger partial charge < -0.3 is 5.73 Å². The van der Waals surface area contributed by atoms with E-state index in [1.807, 2.05) is 0 Å². The predicted octanol–water partition coefficient (Wildman–Crippen LogP) is 2.86. The van der Waals surface area contributed by atoms with Gasteiger partial charge >= 0.3 is 0 Å². The second kappa shape index (κ2) is 5.57. The summed E-state index contributed by atoms with van der Waals surface area (Å²) < 4.78 is 2.07. The second-order valence-corrected chi connectivity index (χ2v) is 5.07. The van der Waals surface area contributed by atoms with Gasteiger partial charge in [-0.05, 0) is 62.9 Å². The van der Waals surface area contributed by atoms with Crippen molar-refractivity contribution >= 4 is 0 Å². The van der Waals surface area contributed by atoms with Crippen molar-refractivity contribution in [2.24, 2.45) is 5.73 Å². The molecule has 0 unspecified atom stereocenters. The SMILES string of the molecule is CCc1c(C)nn(-c2cc(CCN)ccc2C)c1C. The van der Waals surface area contributed by atoms with Gasteiger partial charge in [-0.25, -0.2) is 4.68 Å². The van der Waals surface area contributed by atoms with E-state index in [-0.39, 0.29) is 0 Å². The third-order valence-electron chi connectivity index (χ3n) is 3.73. The fraction of sp³-hybridized carbons (Fsp3) is 0.438. The van der Waals surface area contributed by atoms with Gasteiger partial charge in [0.25, 0.3) is 0 Å². The quantitative estimate of drug-likeness (QED) is 0.915. The van der Waals surface area contributed by atoms with Gasteiger partial charge in [-0.3, -0.25) is 0 Å². The Morgan fingerprint density at radius 2 is 1.95 bits per heavy atom. The van der Waals surface area contributed by atoms with E-state index in [0.29, 0.717) is 6.54 Å². The molecule has 0 amide bonds. The Kier molecular flexibility index (Phi) is 4.05. The molecule has 2 N–H and O–H groups in total. The van der Waals surface area contributed by atoms with Crippen LogP contribution in [0.5, 0.6) is 0 Å². The Balaban J connectivity index is 2.54. The molecule has 0 saturated heterocycles. The van der Waals surface area contributed by atoms with Gasteiger partial charge in [-0.1, -0.05) is 19.1 Å². The molecule has 3 nitrogen and oxygen atoms in total. The molecule has 1 aromatic carbocycles. The van der Waals surface area contributed by atoms with Crippen molar-refractivity contribution in [3.63, 3.8) is 0 Å². The van der Waals surface area contributed by atoms with E-state index in [2.05, 4.69) is 50.6 Å². The van der Waals surface area contributed by atoms with E-state index in [1.54, 1.807) is 0 Å². The molecule has 1 aromatic heterocycles. The molecule has 2 rings (SSSR count). The average Bonchev–Trinajstić information content (AvgIpc) is 2.67. The molecule has 0 radical (unpaired) electrons. The topological polar surface area (TPSA) is 43.8 Å². The van der Waals surface area contributed by atoms with Crippen LogP contribution in [0.25, 0.3) is 5.69 Å². The Morgan fingerprint density at radius 3 is 2.53 bits per heavy atom. The van der Waals surface area contributed by atoms with Gasteiger partial charge in [0.1, 0.15) is 0 Å². The molecule has 19 heavy (non-hydrogen) atoms. The number of nitrogens with two attached hydrogens (primary N) is 1. The Morgan fingerprint density at radius 1 is 1.21 bits per heavy atom. The third kappa shape index (κ3) is 2.56. The Hall–Kier alpha value is -1.61. The van der Waals surface area contributed by atoms with Gasteiger partial charge in [0, 0.05) is 5.69 Å². The minimum atomic E-state index is 0.680. The first kappa shape index (κ1) is 13.8. The standard InChI is InChI=1S/C16H23N3/c1-5-15-12(3)18-19(13(15)4)16-10-14(8-9-17)7-6-11(16)2/h6-7,10H,5,8-9,17H2,1-4H3. The summed E-state index contributed by atoms with van der Waals surface area (Å²) in [5, 5.41) is 4.70. The van der Waals surface area contributed by atoms with Crippen LogP contribution < -0.4 is 5.73 Å². The summed E-state index contributed by atoms with van der Waals surface area (Å²) in [5.41, 5.74) is 13.1. The van der Waals surface area contributed by atoms with E-state index in [9.17, 15) is 0 Å². The lowest BCUT2D eigenvalue weighted by atomic mass is 10.1. The summed E-state index contributed by atoms with van der Waals surface area (Å²) in [5.74, 6) is 0. The highest BCUT2D eigenvalue weighted by molar-refractivity contribution is 5.45. The third-order valence-corrected chi connectivity index (χ3v) is 3.73. The van der Waals surface area contributed by atoms with E-state index in [1.165, 1.54) is 28.1 Å². The number of benzene rings is 1. The van der Waals surface area contributed by atoms with Gasteiger partial charge in [0.15, 0.2) is 0 Å². The van der Waals surface area contributed by atoms with Crippen LogP contribution in [0.1, 0.15) is 35.0 Å². The number of hydrogen-bond acceptors (Lipinski definition) is 2. The monoisotopic (exact) mass is 257 g/mol. The molecule has 0 bridgehead atoms. The first-order valence-electron chi connectivity index (χ1n) is 6.93. The van der Waals surface area contributed by atoms with E-state index in [0.717, 1.165) is 18.5 Å². The maximum absolute atomic E-state index is 5.64. The molecular weight excluding hydrogens is 234 g/mol. The molecular formula is C16H23N3. The smallest absolute Gasteiger partial charge is 0.0680 e. The summed E-state index contributed by atoms with van der Waals surface area (Å²) in [6.07, 6.45) is 1.94. The van der Waals surface area contributed by atoms with E-state index < -0.39 is 0 Å². The highest BCUT2D eigenvalue weighted by atomic mass is 15.3. The summed E-state index contributed by atoms with van der Waals surface area (Å²) in [6.45, 7) is 9.22. The van der Waals surface area contributed by atoms with Crippen LogP contribution in [0, 0.1) is 20.8 Å². The Labute approximate surface area is 115 Å². The normalized spacial score (nSPS) is 11.0. The van der Waals surface area contributed by atoms with Crippen LogP contribution in [0.15, 0.2) is 18.2 Å². The molecule has 0 fully saturated rings. The van der Waals surface area contributed by atoms with Crippen molar-refractivity contribution in [2.75, 3.05) is 6.54 Å². The lowest BCUT2D eigenvalue weighted by Gasteiger charge is -2.11. The summed E-state index contributed by atoms with van der Waals surface area (Å²) >= 11 is 0. The molecule has 1 heterocycles. The van der Waals surface area contributed by atoms with Crippen molar-refractivity contribution in [1.82, 2.24) is 9.78 Å². The number of rotatable bonds is 4. The summed E-state index contributed by atoms with van der Waals surface area (Å²) in [6, 6.07) is 6.52. The van der Waals surface area contributed by atoms with Crippen molar-refractivity contribution < 1.29 is 0 Å². The van der Waals surface area contributed by atoms with Crippen LogP contribution >= 0.6 is 0 Å². The zero-order valence-corrected chi connectivity index (χ0v) is 12.3. The maximum atomic E-state index is 5.64. The van der Waals surface area contributed by atoms with Crippen LogP contribution in [-0.4, -0.2) is 16.3 Å². The van der Waals surface area contributed by atoms with Gasteiger partial charge in [-0.2, -0.15) is 5.10 Å². The Bertz CT molecular complexity index is 582. The minimum Gasteiger partial charge on any atom is -0.330 e. The van der Waals surface area contributed by atoms with Crippen LogP contribution in [0.4, 0.5) is 0 Å². The van der Waals surface area contributed by atoms with Crippen molar-refractivity contribution in [2.45, 2.75) is 40.5 Å².